The number of piperidine rings is 1. The van der Waals surface area contributed by atoms with Gasteiger partial charge in [-0.1, -0.05) is 0 Å². The summed E-state index contributed by atoms with van der Waals surface area (Å²) < 4.78 is 20.3. The molecule has 0 unspecified atom stereocenters. The molecule has 2 aliphatic heterocycles. The normalized spacial score (nSPS) is 16.8. The quantitative estimate of drug-likeness (QED) is 0.515. The monoisotopic (exact) mass is 509 g/mol. The molecule has 11 nitrogen and oxygen atoms in total. The SMILES string of the molecule is COc1ncc(-n2nc3c(c2-c2cnn(CC4CCN(C(=O)OC(C)(C)C)CC4)c2)CCOCC3)cn1. The second-order valence-corrected chi connectivity index (χ2v) is 10.6. The van der Waals surface area contributed by atoms with E-state index in [1.807, 2.05) is 41.2 Å². The van der Waals surface area contributed by atoms with E-state index in [0.29, 0.717) is 38.2 Å². The van der Waals surface area contributed by atoms with Crippen molar-refractivity contribution in [3.05, 3.63) is 36.0 Å². The molecule has 1 fully saturated rings. The first-order valence-corrected chi connectivity index (χ1v) is 12.9. The van der Waals surface area contributed by atoms with Crippen molar-refractivity contribution in [2.24, 2.45) is 5.92 Å². The number of likely N-dealkylation sites (tertiary alicyclic amines) is 1. The summed E-state index contributed by atoms with van der Waals surface area (Å²) in [5, 5.41) is 9.61. The topological polar surface area (TPSA) is 109 Å². The predicted molar refractivity (Wildman–Crippen MR) is 136 cm³/mol. The van der Waals surface area contributed by atoms with E-state index < -0.39 is 5.60 Å². The van der Waals surface area contributed by atoms with Crippen LogP contribution in [0.3, 0.4) is 0 Å². The van der Waals surface area contributed by atoms with Gasteiger partial charge >= 0.3 is 12.1 Å². The van der Waals surface area contributed by atoms with Crippen LogP contribution in [0.5, 0.6) is 6.01 Å². The number of carbonyl (C=O) groups is 1. The molecule has 0 atom stereocenters. The lowest BCUT2D eigenvalue weighted by atomic mass is 9.97. The number of fused-ring (bicyclic) bond motifs is 1. The molecule has 0 bridgehead atoms. The average molecular weight is 510 g/mol. The summed E-state index contributed by atoms with van der Waals surface area (Å²) in [6, 6.07) is 0.318. The van der Waals surface area contributed by atoms with E-state index in [4.69, 9.17) is 24.4 Å². The van der Waals surface area contributed by atoms with Crippen LogP contribution in [0.4, 0.5) is 4.79 Å². The summed E-state index contributed by atoms with van der Waals surface area (Å²) in [4.78, 5) is 22.8. The Morgan fingerprint density at radius 3 is 2.54 bits per heavy atom. The van der Waals surface area contributed by atoms with Crippen LogP contribution in [0, 0.1) is 5.92 Å². The maximum Gasteiger partial charge on any atom is 0.410 e. The lowest BCUT2D eigenvalue weighted by Crippen LogP contribution is -2.42. The molecule has 5 heterocycles. The highest BCUT2D eigenvalue weighted by Gasteiger charge is 2.28. The Hall–Kier alpha value is -3.47. The third kappa shape index (κ3) is 5.76. The van der Waals surface area contributed by atoms with Crippen molar-refractivity contribution in [1.29, 1.82) is 0 Å². The second-order valence-electron chi connectivity index (χ2n) is 10.6. The number of nitrogens with zero attached hydrogens (tertiary/aromatic N) is 7. The maximum atomic E-state index is 12.4. The number of hydrogen-bond acceptors (Lipinski definition) is 8. The minimum atomic E-state index is -0.478. The minimum absolute atomic E-state index is 0.229. The Kier molecular flexibility index (Phi) is 7.14. The molecule has 1 amide bonds. The van der Waals surface area contributed by atoms with Crippen LogP contribution in [0.25, 0.3) is 16.9 Å². The number of rotatable bonds is 5. The number of carbonyl (C=O) groups excluding carboxylic acids is 1. The highest BCUT2D eigenvalue weighted by atomic mass is 16.6. The summed E-state index contributed by atoms with van der Waals surface area (Å²) in [7, 11) is 1.55. The highest BCUT2D eigenvalue weighted by molar-refractivity contribution is 5.68. The standard InChI is InChI=1S/C26H35N7O4/c1-26(2,3)37-25(34)31-9-5-18(6-10-31)16-32-17-19(13-29-32)23-21-7-11-36-12-8-22(21)30-33(23)20-14-27-24(35-4)28-15-20/h13-15,17-18H,5-12,16H2,1-4H3. The molecule has 37 heavy (non-hydrogen) atoms. The molecule has 0 aliphatic carbocycles. The van der Waals surface area contributed by atoms with Gasteiger partial charge in [-0.05, 0) is 46.0 Å². The maximum absolute atomic E-state index is 12.4. The fourth-order valence-corrected chi connectivity index (χ4v) is 4.89. The van der Waals surface area contributed by atoms with E-state index in [1.54, 1.807) is 19.5 Å². The Morgan fingerprint density at radius 1 is 1.11 bits per heavy atom. The highest BCUT2D eigenvalue weighted by Crippen LogP contribution is 2.31. The molecule has 0 saturated carbocycles. The van der Waals surface area contributed by atoms with Crippen LogP contribution in [-0.2, 0) is 28.9 Å². The van der Waals surface area contributed by atoms with Crippen LogP contribution >= 0.6 is 0 Å². The smallest absolute Gasteiger partial charge is 0.410 e. The molecule has 0 N–H and O–H groups in total. The molecule has 1 saturated heterocycles. The van der Waals surface area contributed by atoms with Crippen LogP contribution in [0.1, 0.15) is 44.9 Å². The molecule has 0 aromatic carbocycles. The summed E-state index contributed by atoms with van der Waals surface area (Å²) in [5.41, 5.74) is 4.50. The summed E-state index contributed by atoms with van der Waals surface area (Å²) in [5.74, 6) is 0.442. The van der Waals surface area contributed by atoms with Crippen molar-refractivity contribution >= 4 is 6.09 Å². The predicted octanol–water partition coefficient (Wildman–Crippen LogP) is 3.30. The van der Waals surface area contributed by atoms with Gasteiger partial charge in [-0.3, -0.25) is 4.68 Å². The van der Waals surface area contributed by atoms with Crippen LogP contribution < -0.4 is 4.74 Å². The molecule has 3 aromatic heterocycles. The summed E-state index contributed by atoms with van der Waals surface area (Å²) in [6.45, 7) is 9.20. The van der Waals surface area contributed by atoms with E-state index in [9.17, 15) is 4.79 Å². The Labute approximate surface area is 216 Å². The number of aromatic nitrogens is 6. The van der Waals surface area contributed by atoms with Crippen LogP contribution in [0.15, 0.2) is 24.8 Å². The van der Waals surface area contributed by atoms with Gasteiger partial charge in [0.15, 0.2) is 0 Å². The van der Waals surface area contributed by atoms with E-state index in [2.05, 4.69) is 16.2 Å². The first kappa shape index (κ1) is 25.2. The lowest BCUT2D eigenvalue weighted by molar-refractivity contribution is 0.0177. The number of amides is 1. The second kappa shape index (κ2) is 10.5. The number of ether oxygens (including phenoxy) is 3. The number of methoxy groups -OCH3 is 1. The zero-order valence-corrected chi connectivity index (χ0v) is 22.0. The molecule has 3 aromatic rings. The molecule has 0 radical (unpaired) electrons. The first-order chi connectivity index (χ1) is 17.8. The van der Waals surface area contributed by atoms with Crippen LogP contribution in [-0.4, -0.2) is 79.5 Å². The molecule has 0 spiro atoms. The van der Waals surface area contributed by atoms with Crippen LogP contribution in [0.2, 0.25) is 0 Å². The van der Waals surface area contributed by atoms with Crippen molar-refractivity contribution < 1.29 is 19.0 Å². The molecular formula is C26H35N7O4. The third-order valence-electron chi connectivity index (χ3n) is 6.71. The van der Waals surface area contributed by atoms with Crippen molar-refractivity contribution in [2.45, 2.75) is 58.6 Å². The van der Waals surface area contributed by atoms with Crippen molar-refractivity contribution in [3.63, 3.8) is 0 Å². The molecular weight excluding hydrogens is 474 g/mol. The lowest BCUT2D eigenvalue weighted by Gasteiger charge is -2.33. The molecule has 5 rings (SSSR count). The Bertz CT molecular complexity index is 1220. The van der Waals surface area contributed by atoms with Gasteiger partial charge in [0.25, 0.3) is 0 Å². The summed E-state index contributed by atoms with van der Waals surface area (Å²) in [6.07, 6.45) is 10.6. The van der Waals surface area contributed by atoms with E-state index in [0.717, 1.165) is 54.9 Å². The largest absolute Gasteiger partial charge is 0.467 e. The zero-order chi connectivity index (χ0) is 26.0. The Morgan fingerprint density at radius 2 is 1.84 bits per heavy atom. The van der Waals surface area contributed by atoms with Gasteiger partial charge in [0, 0.05) is 43.4 Å². The van der Waals surface area contributed by atoms with Gasteiger partial charge in [0.2, 0.25) is 0 Å². The zero-order valence-electron chi connectivity index (χ0n) is 22.0. The average Bonchev–Trinajstić information content (AvgIpc) is 3.40. The van der Waals surface area contributed by atoms with E-state index in [1.165, 1.54) is 5.56 Å². The van der Waals surface area contributed by atoms with Gasteiger partial charge in [-0.2, -0.15) is 10.2 Å². The van der Waals surface area contributed by atoms with E-state index >= 15 is 0 Å². The first-order valence-electron chi connectivity index (χ1n) is 12.9. The van der Waals surface area contributed by atoms with Crippen molar-refractivity contribution in [3.8, 4) is 23.0 Å². The number of hydrogen-bond donors (Lipinski definition) is 0. The minimum Gasteiger partial charge on any atom is -0.467 e. The van der Waals surface area contributed by atoms with Gasteiger partial charge < -0.3 is 19.1 Å². The molecule has 2 aliphatic rings. The fraction of sp³-hybridized carbons (Fsp3) is 0.577. The van der Waals surface area contributed by atoms with Gasteiger partial charge in [-0.15, -0.1) is 0 Å². The Balaban J connectivity index is 1.33. The molecule has 198 valence electrons. The van der Waals surface area contributed by atoms with Gasteiger partial charge in [0.1, 0.15) is 11.3 Å². The molecule has 11 heteroatoms. The summed E-state index contributed by atoms with van der Waals surface area (Å²) >= 11 is 0. The van der Waals surface area contributed by atoms with Gasteiger partial charge in [0.05, 0.1) is 50.3 Å². The third-order valence-corrected chi connectivity index (χ3v) is 6.71. The van der Waals surface area contributed by atoms with Gasteiger partial charge in [-0.25, -0.2) is 19.4 Å². The fourth-order valence-electron chi connectivity index (χ4n) is 4.89. The van der Waals surface area contributed by atoms with Crippen molar-refractivity contribution in [1.82, 2.24) is 34.4 Å². The van der Waals surface area contributed by atoms with E-state index in [-0.39, 0.29) is 6.09 Å². The van der Waals surface area contributed by atoms with Crippen molar-refractivity contribution in [2.75, 3.05) is 33.4 Å².